The second kappa shape index (κ2) is 6.65. The molecule has 0 radical (unpaired) electrons. The minimum absolute atomic E-state index is 0.437. The van der Waals surface area contributed by atoms with Crippen LogP contribution in [-0.4, -0.2) is 4.98 Å². The molecule has 1 aliphatic heterocycles. The Morgan fingerprint density at radius 3 is 2.52 bits per heavy atom. The quantitative estimate of drug-likeness (QED) is 0.378. The number of H-pyrrole nitrogens is 1. The van der Waals surface area contributed by atoms with Gasteiger partial charge in [-0.2, -0.15) is 13.2 Å². The maximum atomic E-state index is 13.0. The molecule has 0 amide bonds. The summed E-state index contributed by atoms with van der Waals surface area (Å²) in [7, 11) is 0. The van der Waals surface area contributed by atoms with E-state index in [0.717, 1.165) is 28.5 Å². The summed E-state index contributed by atoms with van der Waals surface area (Å²) in [5, 5.41) is 2.66. The molecule has 138 valence electrons. The molecule has 0 fully saturated rings. The highest BCUT2D eigenvalue weighted by atomic mass is 79.9. The van der Waals surface area contributed by atoms with Gasteiger partial charge in [-0.1, -0.05) is 24.3 Å². The van der Waals surface area contributed by atoms with Crippen molar-refractivity contribution in [2.45, 2.75) is 11.3 Å². The highest BCUT2D eigenvalue weighted by Crippen LogP contribution is 2.35. The maximum absolute atomic E-state index is 13.0. The van der Waals surface area contributed by atoms with Crippen LogP contribution < -0.4 is 15.8 Å². The van der Waals surface area contributed by atoms with Crippen LogP contribution in [0.2, 0.25) is 0 Å². The summed E-state index contributed by atoms with van der Waals surface area (Å²) >= 11 is 4.91. The number of anilines is 1. The molecular weight excluding hydrogens is 441 g/mol. The van der Waals surface area contributed by atoms with Crippen molar-refractivity contribution in [1.29, 1.82) is 0 Å². The zero-order valence-electron chi connectivity index (χ0n) is 13.6. The van der Waals surface area contributed by atoms with Crippen LogP contribution in [-0.2, 0) is 6.18 Å². The number of hydrogen-bond donors (Lipinski definition) is 3. The molecule has 0 aliphatic carbocycles. The fourth-order valence-electron chi connectivity index (χ4n) is 2.74. The van der Waals surface area contributed by atoms with Crippen molar-refractivity contribution in [3.8, 4) is 11.3 Å². The number of rotatable bonds is 2. The molecule has 9 heteroatoms. The Morgan fingerprint density at radius 1 is 1.04 bits per heavy atom. The third-order valence-electron chi connectivity index (χ3n) is 4.03. The van der Waals surface area contributed by atoms with Gasteiger partial charge in [-0.25, -0.2) is 10.4 Å². The lowest BCUT2D eigenvalue weighted by atomic mass is 10.1. The van der Waals surface area contributed by atoms with Crippen LogP contribution in [0.25, 0.3) is 17.0 Å². The normalized spacial score (nSPS) is 13.7. The number of hydrogen-bond acceptors (Lipinski definition) is 3. The second-order valence-electron chi connectivity index (χ2n) is 5.90. The molecule has 0 atom stereocenters. The van der Waals surface area contributed by atoms with Crippen molar-refractivity contribution < 1.29 is 17.8 Å². The van der Waals surface area contributed by atoms with E-state index in [0.29, 0.717) is 21.5 Å². The predicted molar refractivity (Wildman–Crippen MR) is 103 cm³/mol. The number of nitrogens with zero attached hydrogens (tertiary/aromatic N) is 1. The van der Waals surface area contributed by atoms with Crippen LogP contribution >= 0.6 is 27.7 Å². The second-order valence-corrected chi connectivity index (χ2v) is 7.51. The topological polar surface area (TPSA) is 57.7 Å². The predicted octanol–water partition coefficient (Wildman–Crippen LogP) is 4.98. The highest BCUT2D eigenvalue weighted by Gasteiger charge is 2.33. The molecule has 0 spiro atoms. The van der Waals surface area contributed by atoms with Crippen LogP contribution in [0.5, 0.6) is 0 Å². The molecule has 0 unspecified atom stereocenters. The summed E-state index contributed by atoms with van der Waals surface area (Å²) in [6, 6.07) is 12.6. The van der Waals surface area contributed by atoms with Crippen molar-refractivity contribution in [3.63, 3.8) is 0 Å². The van der Waals surface area contributed by atoms with Gasteiger partial charge in [-0.05, 0) is 36.0 Å². The Hall–Kier alpha value is -2.39. The summed E-state index contributed by atoms with van der Waals surface area (Å²) in [4.78, 5) is 3.16. The van der Waals surface area contributed by atoms with Gasteiger partial charge in [0, 0.05) is 38.2 Å². The first-order chi connectivity index (χ1) is 12.8. The summed E-state index contributed by atoms with van der Waals surface area (Å²) in [6.07, 6.45) is -4.39. The maximum Gasteiger partial charge on any atom is 0.416 e. The van der Waals surface area contributed by atoms with Gasteiger partial charge < -0.3 is 5.73 Å². The number of fused-ring (bicyclic) bond motifs is 1. The van der Waals surface area contributed by atoms with Crippen molar-refractivity contribution in [3.05, 3.63) is 69.7 Å². The lowest BCUT2D eigenvalue weighted by Crippen LogP contribution is -2.47. The average molecular weight is 454 g/mol. The van der Waals surface area contributed by atoms with Crippen molar-refractivity contribution >= 4 is 39.1 Å². The van der Waals surface area contributed by atoms with E-state index in [4.69, 9.17) is 5.73 Å². The number of nitrogens with one attached hydrogen (secondary N) is 2. The van der Waals surface area contributed by atoms with Crippen LogP contribution in [0, 0.1) is 0 Å². The van der Waals surface area contributed by atoms with E-state index in [1.807, 2.05) is 23.6 Å². The molecule has 3 aromatic rings. The van der Waals surface area contributed by atoms with Crippen LogP contribution in [0.3, 0.4) is 0 Å². The zero-order chi connectivity index (χ0) is 19.2. The van der Waals surface area contributed by atoms with E-state index in [9.17, 15) is 13.2 Å². The lowest BCUT2D eigenvalue weighted by molar-refractivity contribution is -0.690. The Labute approximate surface area is 165 Å². The first-order valence-electron chi connectivity index (χ1n) is 7.84. The first kappa shape index (κ1) is 18.0. The average Bonchev–Trinajstić information content (AvgIpc) is 2.97. The summed E-state index contributed by atoms with van der Waals surface area (Å²) in [6.45, 7) is 0. The smallest absolute Gasteiger partial charge is 0.399 e. The number of nitrogen functional groups attached to an aromatic ring is 1. The standard InChI is InChI=1S/C18H12BrF3N4S/c19-16-15(11-4-1-5-12(7-11)18(20,21)22)24-17-26(16)25-14(9-27-17)10-3-2-6-13(23)8-10/h1-9,25H,23H2/p+1. The molecule has 0 bridgehead atoms. The van der Waals surface area contributed by atoms with E-state index in [-0.39, 0.29) is 0 Å². The van der Waals surface area contributed by atoms with E-state index in [2.05, 4.69) is 26.3 Å². The monoisotopic (exact) mass is 453 g/mol. The molecule has 0 saturated carbocycles. The van der Waals surface area contributed by atoms with Crippen LogP contribution in [0.15, 0.2) is 63.7 Å². The highest BCUT2D eigenvalue weighted by molar-refractivity contribution is 9.10. The van der Waals surface area contributed by atoms with Gasteiger partial charge in [-0.3, -0.25) is 0 Å². The molecule has 0 saturated heterocycles. The zero-order valence-corrected chi connectivity index (χ0v) is 16.0. The van der Waals surface area contributed by atoms with Gasteiger partial charge >= 0.3 is 11.3 Å². The SMILES string of the molecule is Nc1cccc(C2=CSc3[nH]c(-c4cccc(C(F)(F)F)c4)c(Br)[n+]3N2)c1. The molecule has 1 aromatic heterocycles. The fourth-order valence-corrected chi connectivity index (χ4v) is 4.27. The number of benzene rings is 2. The fraction of sp³-hybridized carbons (Fsp3) is 0.0556. The van der Waals surface area contributed by atoms with Gasteiger partial charge in [0.2, 0.25) is 4.60 Å². The third kappa shape index (κ3) is 3.44. The lowest BCUT2D eigenvalue weighted by Gasteiger charge is -2.13. The number of nitrogens with two attached hydrogens (primary N) is 1. The number of halogens is 4. The van der Waals surface area contributed by atoms with Crippen molar-refractivity contribution in [2.24, 2.45) is 0 Å². The molecule has 4 nitrogen and oxygen atoms in total. The van der Waals surface area contributed by atoms with Gasteiger partial charge in [-0.15, -0.1) is 4.68 Å². The minimum Gasteiger partial charge on any atom is -0.399 e. The summed E-state index contributed by atoms with van der Waals surface area (Å²) in [5.41, 5.74) is 11.8. The molecule has 1 aliphatic rings. The van der Waals surface area contributed by atoms with Gasteiger partial charge in [0.25, 0.3) is 0 Å². The number of alkyl halides is 3. The Bertz CT molecular complexity index is 1060. The van der Waals surface area contributed by atoms with Gasteiger partial charge in [0.05, 0.1) is 11.3 Å². The van der Waals surface area contributed by atoms with Crippen molar-refractivity contribution in [2.75, 3.05) is 11.2 Å². The van der Waals surface area contributed by atoms with E-state index in [1.165, 1.54) is 17.8 Å². The molecular formula is C18H13BrF3N4S+. The molecule has 4 N–H and O–H groups in total. The minimum atomic E-state index is -4.39. The Kier molecular flexibility index (Phi) is 4.43. The molecule has 4 rings (SSSR count). The summed E-state index contributed by atoms with van der Waals surface area (Å²) in [5.74, 6) is 0. The van der Waals surface area contributed by atoms with E-state index >= 15 is 0 Å². The first-order valence-corrected chi connectivity index (χ1v) is 9.51. The number of aromatic nitrogens is 2. The largest absolute Gasteiger partial charge is 0.416 e. The Balaban J connectivity index is 1.70. The Morgan fingerprint density at radius 2 is 1.78 bits per heavy atom. The van der Waals surface area contributed by atoms with E-state index in [1.54, 1.807) is 16.8 Å². The molecule has 2 heterocycles. The van der Waals surface area contributed by atoms with Gasteiger partial charge in [0.15, 0.2) is 5.69 Å². The van der Waals surface area contributed by atoms with Crippen molar-refractivity contribution in [1.82, 2.24) is 4.98 Å². The van der Waals surface area contributed by atoms with Crippen LogP contribution in [0.4, 0.5) is 18.9 Å². The van der Waals surface area contributed by atoms with Gasteiger partial charge in [0.1, 0.15) is 0 Å². The number of imidazole rings is 1. The number of aromatic amines is 1. The molecule has 2 aromatic carbocycles. The molecule has 27 heavy (non-hydrogen) atoms. The van der Waals surface area contributed by atoms with E-state index < -0.39 is 11.7 Å². The number of thioether (sulfide) groups is 1. The van der Waals surface area contributed by atoms with Crippen LogP contribution in [0.1, 0.15) is 11.1 Å². The third-order valence-corrected chi connectivity index (χ3v) is 5.65. The summed E-state index contributed by atoms with van der Waals surface area (Å²) < 4.78 is 41.4.